The summed E-state index contributed by atoms with van der Waals surface area (Å²) in [5.41, 5.74) is 6.49. The molecule has 1 unspecified atom stereocenters. The van der Waals surface area contributed by atoms with E-state index in [9.17, 15) is 0 Å². The van der Waals surface area contributed by atoms with E-state index >= 15 is 0 Å². The summed E-state index contributed by atoms with van der Waals surface area (Å²) in [5.74, 6) is 0.914. The van der Waals surface area contributed by atoms with E-state index in [-0.39, 0.29) is 0 Å². The first kappa shape index (κ1) is 12.8. The molecule has 1 aliphatic rings. The third-order valence-corrected chi connectivity index (χ3v) is 4.47. The van der Waals surface area contributed by atoms with Gasteiger partial charge in [0.1, 0.15) is 11.0 Å². The average molecular weight is 272 g/mol. The second-order valence-corrected chi connectivity index (χ2v) is 5.88. The maximum Gasteiger partial charge on any atom is 0.133 e. The van der Waals surface area contributed by atoms with E-state index in [0.29, 0.717) is 10.8 Å². The highest BCUT2D eigenvalue weighted by Crippen LogP contribution is 2.25. The van der Waals surface area contributed by atoms with Gasteiger partial charge < -0.3 is 10.6 Å². The molecule has 1 aromatic rings. The van der Waals surface area contributed by atoms with Crippen molar-refractivity contribution in [3.63, 3.8) is 0 Å². The Hall–Kier alpha value is -0.610. The van der Waals surface area contributed by atoms with Gasteiger partial charge in [-0.1, -0.05) is 11.6 Å². The topological polar surface area (TPSA) is 42.1 Å². The molecule has 94 valence electrons. The van der Waals surface area contributed by atoms with Gasteiger partial charge in [0.25, 0.3) is 0 Å². The first-order valence-corrected chi connectivity index (χ1v) is 7.56. The molecule has 0 radical (unpaired) electrons. The summed E-state index contributed by atoms with van der Waals surface area (Å²) < 4.78 is 0. The minimum absolute atomic E-state index is 0.477. The molecule has 1 atom stereocenters. The smallest absolute Gasteiger partial charge is 0.133 e. The van der Waals surface area contributed by atoms with Crippen molar-refractivity contribution in [2.45, 2.75) is 24.5 Å². The molecule has 1 aliphatic heterocycles. The second kappa shape index (κ2) is 5.83. The number of halogens is 1. The fourth-order valence-corrected chi connectivity index (χ4v) is 3.15. The SMILES string of the molecule is CSC1CCCN(c2cc(N)cc(Cl)n2)CC1. The van der Waals surface area contributed by atoms with Crippen molar-refractivity contribution in [2.24, 2.45) is 0 Å². The molecule has 0 bridgehead atoms. The molecule has 0 spiro atoms. The van der Waals surface area contributed by atoms with Crippen molar-refractivity contribution < 1.29 is 0 Å². The normalized spacial score (nSPS) is 21.3. The van der Waals surface area contributed by atoms with Crippen LogP contribution in [0.25, 0.3) is 0 Å². The minimum atomic E-state index is 0.477. The number of rotatable bonds is 2. The number of thioether (sulfide) groups is 1. The van der Waals surface area contributed by atoms with Gasteiger partial charge in [-0.05, 0) is 31.6 Å². The monoisotopic (exact) mass is 271 g/mol. The summed E-state index contributed by atoms with van der Waals surface area (Å²) in [7, 11) is 0. The Morgan fingerprint density at radius 3 is 2.94 bits per heavy atom. The van der Waals surface area contributed by atoms with E-state index in [4.69, 9.17) is 17.3 Å². The van der Waals surface area contributed by atoms with Gasteiger partial charge >= 0.3 is 0 Å². The first-order chi connectivity index (χ1) is 8.19. The fraction of sp³-hybridized carbons (Fsp3) is 0.583. The van der Waals surface area contributed by atoms with Crippen LogP contribution >= 0.6 is 23.4 Å². The summed E-state index contributed by atoms with van der Waals surface area (Å²) >= 11 is 7.91. The second-order valence-electron chi connectivity index (χ2n) is 4.36. The maximum atomic E-state index is 5.94. The lowest BCUT2D eigenvalue weighted by molar-refractivity contribution is 0.745. The molecule has 0 aliphatic carbocycles. The molecular formula is C12H18ClN3S. The zero-order chi connectivity index (χ0) is 12.3. The maximum absolute atomic E-state index is 5.94. The van der Waals surface area contributed by atoms with Crippen LogP contribution in [0.3, 0.4) is 0 Å². The molecule has 2 heterocycles. The van der Waals surface area contributed by atoms with Crippen molar-refractivity contribution in [3.05, 3.63) is 17.3 Å². The van der Waals surface area contributed by atoms with Gasteiger partial charge in [-0.3, -0.25) is 0 Å². The lowest BCUT2D eigenvalue weighted by atomic mass is 10.2. The lowest BCUT2D eigenvalue weighted by Gasteiger charge is -2.22. The number of hydrogen-bond acceptors (Lipinski definition) is 4. The van der Waals surface area contributed by atoms with Crippen LogP contribution < -0.4 is 10.6 Å². The van der Waals surface area contributed by atoms with Crippen molar-refractivity contribution in [3.8, 4) is 0 Å². The molecule has 0 aromatic carbocycles. The van der Waals surface area contributed by atoms with Crippen LogP contribution in [0.2, 0.25) is 5.15 Å². The van der Waals surface area contributed by atoms with Crippen LogP contribution in [0.4, 0.5) is 11.5 Å². The van der Waals surface area contributed by atoms with E-state index in [1.807, 2.05) is 17.8 Å². The van der Waals surface area contributed by atoms with Crippen molar-refractivity contribution in [2.75, 3.05) is 30.0 Å². The van der Waals surface area contributed by atoms with Crippen LogP contribution in [-0.2, 0) is 0 Å². The molecule has 17 heavy (non-hydrogen) atoms. The largest absolute Gasteiger partial charge is 0.399 e. The van der Waals surface area contributed by atoms with Gasteiger partial charge in [-0.15, -0.1) is 0 Å². The lowest BCUT2D eigenvalue weighted by Crippen LogP contribution is -2.25. The standard InChI is InChI=1S/C12H18ClN3S/c1-17-10-3-2-5-16(6-4-10)12-8-9(14)7-11(13)15-12/h7-8,10H,2-6H2,1H3,(H2,14,15). The van der Waals surface area contributed by atoms with E-state index < -0.39 is 0 Å². The summed E-state index contributed by atoms with van der Waals surface area (Å²) in [6.07, 6.45) is 5.89. The summed E-state index contributed by atoms with van der Waals surface area (Å²) in [6.45, 7) is 2.09. The van der Waals surface area contributed by atoms with Crippen LogP contribution in [0.1, 0.15) is 19.3 Å². The van der Waals surface area contributed by atoms with Crippen LogP contribution in [0, 0.1) is 0 Å². The third-order valence-electron chi connectivity index (χ3n) is 3.14. The predicted octanol–water partition coefficient (Wildman–Crippen LogP) is 3.04. The molecule has 2 rings (SSSR count). The molecule has 1 fully saturated rings. The van der Waals surface area contributed by atoms with Crippen molar-refractivity contribution in [1.82, 2.24) is 4.98 Å². The number of nitrogens with zero attached hydrogens (tertiary/aromatic N) is 2. The first-order valence-electron chi connectivity index (χ1n) is 5.90. The Kier molecular flexibility index (Phi) is 4.40. The molecule has 0 amide bonds. The Morgan fingerprint density at radius 2 is 2.24 bits per heavy atom. The molecule has 0 saturated carbocycles. The Morgan fingerprint density at radius 1 is 1.41 bits per heavy atom. The Bertz CT molecular complexity index is 366. The number of nitrogen functional groups attached to an aromatic ring is 1. The minimum Gasteiger partial charge on any atom is -0.399 e. The van der Waals surface area contributed by atoms with E-state index in [0.717, 1.165) is 24.2 Å². The number of pyridine rings is 1. The quantitative estimate of drug-likeness (QED) is 0.840. The average Bonchev–Trinajstić information content (AvgIpc) is 2.52. The van der Waals surface area contributed by atoms with Crippen LogP contribution in [0.5, 0.6) is 0 Å². The zero-order valence-electron chi connectivity index (χ0n) is 10.0. The summed E-state index contributed by atoms with van der Waals surface area (Å²) in [4.78, 5) is 6.64. The molecule has 5 heteroatoms. The van der Waals surface area contributed by atoms with E-state index in [1.165, 1.54) is 19.3 Å². The number of hydrogen-bond donors (Lipinski definition) is 1. The molecule has 3 nitrogen and oxygen atoms in total. The number of aromatic nitrogens is 1. The molecule has 1 aromatic heterocycles. The van der Waals surface area contributed by atoms with Crippen LogP contribution in [0.15, 0.2) is 12.1 Å². The van der Waals surface area contributed by atoms with Crippen molar-refractivity contribution >= 4 is 34.9 Å². The highest BCUT2D eigenvalue weighted by molar-refractivity contribution is 7.99. The van der Waals surface area contributed by atoms with Gasteiger partial charge in [-0.2, -0.15) is 11.8 Å². The third kappa shape index (κ3) is 3.42. The zero-order valence-corrected chi connectivity index (χ0v) is 11.6. The predicted molar refractivity (Wildman–Crippen MR) is 77.0 cm³/mol. The molecular weight excluding hydrogens is 254 g/mol. The van der Waals surface area contributed by atoms with Gasteiger partial charge in [0.15, 0.2) is 0 Å². The van der Waals surface area contributed by atoms with Gasteiger partial charge in [0.2, 0.25) is 0 Å². The van der Waals surface area contributed by atoms with Crippen molar-refractivity contribution in [1.29, 1.82) is 0 Å². The number of nitrogens with two attached hydrogens (primary N) is 1. The molecule has 1 saturated heterocycles. The van der Waals surface area contributed by atoms with E-state index in [1.54, 1.807) is 6.07 Å². The van der Waals surface area contributed by atoms with Gasteiger partial charge in [-0.25, -0.2) is 4.98 Å². The molecule has 2 N–H and O–H groups in total. The highest BCUT2D eigenvalue weighted by Gasteiger charge is 2.17. The Balaban J connectivity index is 2.11. The van der Waals surface area contributed by atoms with Crippen LogP contribution in [-0.4, -0.2) is 29.6 Å². The van der Waals surface area contributed by atoms with Gasteiger partial charge in [0.05, 0.1) is 0 Å². The number of anilines is 2. The Labute approximate surface area is 112 Å². The summed E-state index contributed by atoms with van der Waals surface area (Å²) in [6, 6.07) is 3.60. The highest BCUT2D eigenvalue weighted by atomic mass is 35.5. The van der Waals surface area contributed by atoms with Gasteiger partial charge in [0, 0.05) is 30.1 Å². The fourth-order valence-electron chi connectivity index (χ4n) is 2.19. The summed E-state index contributed by atoms with van der Waals surface area (Å²) in [5, 5.41) is 1.25. The van der Waals surface area contributed by atoms with E-state index in [2.05, 4.69) is 16.1 Å².